The van der Waals surface area contributed by atoms with Gasteiger partial charge in [-0.25, -0.2) is 14.8 Å². The summed E-state index contributed by atoms with van der Waals surface area (Å²) in [5, 5.41) is 7.00. The third kappa shape index (κ3) is 9.23. The zero-order valence-corrected chi connectivity index (χ0v) is 32.8. The maximum Gasteiger partial charge on any atom is 1.00 e. The number of piperazine rings is 1. The molecule has 2 atom stereocenters. The number of para-hydroxylation sites is 1. The van der Waals surface area contributed by atoms with Crippen LogP contribution in [0.5, 0.6) is 5.75 Å². The monoisotopic (exact) mass is 714 g/mol. The van der Waals surface area contributed by atoms with Gasteiger partial charge in [-0.15, -0.1) is 6.58 Å². The summed E-state index contributed by atoms with van der Waals surface area (Å²) >= 11 is 0. The number of nitrogens with one attached hydrogen (secondary N) is 1. The zero-order valence-electron chi connectivity index (χ0n) is 27.9. The first-order valence-electron chi connectivity index (χ1n) is 15.3. The number of carbonyl (C=O) groups is 3. The second-order valence-electron chi connectivity index (χ2n) is 11.5. The van der Waals surface area contributed by atoms with Crippen molar-refractivity contribution in [1.82, 2.24) is 30.1 Å². The Morgan fingerprint density at radius 3 is 2.40 bits per heavy atom. The molecule has 16 heteroatoms. The number of fused-ring (bicyclic) bond motifs is 2. The summed E-state index contributed by atoms with van der Waals surface area (Å²) in [7, 11) is -5.26. The maximum atomic E-state index is 14.3. The van der Waals surface area contributed by atoms with Gasteiger partial charge in [-0.2, -0.15) is 0 Å². The largest absolute Gasteiger partial charge is 1.00 e. The van der Waals surface area contributed by atoms with E-state index in [2.05, 4.69) is 21.4 Å². The Labute approximate surface area is 334 Å². The average molecular weight is 715 g/mol. The van der Waals surface area contributed by atoms with Gasteiger partial charge in [0, 0.05) is 37.6 Å². The van der Waals surface area contributed by atoms with Crippen LogP contribution < -0.4 is 78.7 Å². The van der Waals surface area contributed by atoms with Gasteiger partial charge in [-0.3, -0.25) is 14.6 Å². The molecule has 0 saturated carbocycles. The van der Waals surface area contributed by atoms with Crippen molar-refractivity contribution in [1.29, 1.82) is 0 Å². The second-order valence-corrected chi connectivity index (χ2v) is 12.6. The third-order valence-corrected chi connectivity index (χ3v) is 8.75. The van der Waals surface area contributed by atoms with E-state index in [1.165, 1.54) is 34.2 Å². The number of nitrogens with zero attached hydrogens (tertiary/aromatic N) is 5. The molecule has 2 saturated heterocycles. The number of pyridine rings is 1. The Bertz CT molecular complexity index is 1880. The minimum absolute atomic E-state index is 0. The quantitative estimate of drug-likeness (QED) is 0.0987. The average Bonchev–Trinajstić information content (AvgIpc) is 3.06. The molecule has 2 aliphatic rings. The van der Waals surface area contributed by atoms with Crippen molar-refractivity contribution in [3.63, 3.8) is 0 Å². The van der Waals surface area contributed by atoms with Gasteiger partial charge >= 0.3 is 65.1 Å². The van der Waals surface area contributed by atoms with E-state index in [0.717, 1.165) is 22.0 Å². The van der Waals surface area contributed by atoms with Crippen LogP contribution in [-0.4, -0.2) is 74.5 Å². The molecule has 1 aromatic heterocycles. The fourth-order valence-corrected chi connectivity index (χ4v) is 6.62. The molecule has 50 heavy (non-hydrogen) atoms. The summed E-state index contributed by atoms with van der Waals surface area (Å²) in [6, 6.07) is 23.2. The Kier molecular flexibility index (Phi) is 13.8. The maximum absolute atomic E-state index is 14.3. The number of hydrogen-bond acceptors (Lipinski definition) is 9. The molecule has 1 N–H and O–H groups in total. The summed E-state index contributed by atoms with van der Waals surface area (Å²) in [6.45, 7) is 4.34. The Morgan fingerprint density at radius 2 is 1.70 bits per heavy atom. The van der Waals surface area contributed by atoms with Crippen LogP contribution in [0, 0.1) is 0 Å². The molecule has 0 radical (unpaired) electrons. The van der Waals surface area contributed by atoms with Crippen molar-refractivity contribution < 1.29 is 92.4 Å². The van der Waals surface area contributed by atoms with E-state index >= 15 is 0 Å². The van der Waals surface area contributed by atoms with Crippen molar-refractivity contribution in [3.8, 4) is 5.75 Å². The number of rotatable bonds is 10. The first kappa shape index (κ1) is 39.7. The normalized spacial score (nSPS) is 17.8. The van der Waals surface area contributed by atoms with E-state index in [-0.39, 0.29) is 116 Å². The molecule has 248 valence electrons. The number of urea groups is 1. The number of benzene rings is 3. The predicted octanol–water partition coefficient (Wildman–Crippen LogP) is -3.81. The van der Waals surface area contributed by atoms with Gasteiger partial charge < -0.3 is 34.0 Å². The van der Waals surface area contributed by atoms with E-state index in [1.807, 2.05) is 60.7 Å². The van der Waals surface area contributed by atoms with Crippen molar-refractivity contribution in [2.24, 2.45) is 0 Å². The zero-order chi connectivity index (χ0) is 33.8. The number of hydrazine groups is 1. The van der Waals surface area contributed by atoms with E-state index < -0.39 is 26.1 Å². The summed E-state index contributed by atoms with van der Waals surface area (Å²) in [6.07, 6.45) is 2.49. The minimum Gasteiger partial charge on any atom is -0.780 e. The molecule has 13 nitrogen and oxygen atoms in total. The van der Waals surface area contributed by atoms with Crippen LogP contribution in [0.1, 0.15) is 16.7 Å². The van der Waals surface area contributed by atoms with Crippen LogP contribution in [0.25, 0.3) is 10.9 Å². The number of phosphoric acid groups is 1. The van der Waals surface area contributed by atoms with Crippen LogP contribution in [0.2, 0.25) is 0 Å². The van der Waals surface area contributed by atoms with Crippen molar-refractivity contribution in [2.45, 2.75) is 31.7 Å². The molecular formula is C34H33N6Na2O7P. The summed E-state index contributed by atoms with van der Waals surface area (Å²) in [5.41, 5.74) is 3.02. The first-order valence-corrected chi connectivity index (χ1v) is 16.8. The molecule has 0 spiro atoms. The van der Waals surface area contributed by atoms with Crippen LogP contribution in [0.3, 0.4) is 0 Å². The predicted molar refractivity (Wildman–Crippen MR) is 172 cm³/mol. The smallest absolute Gasteiger partial charge is 0.780 e. The second kappa shape index (κ2) is 17.4. The SMILES string of the molecule is C=CCN1CC(=O)N2[C@@H](Cc3ccc(OP(=O)([O-])[O-])cc3)C(=O)N(Cc3cccc4cccnc34)C[C@@H]2N1C(=O)NCc1ccccc1.[Na+].[Na+]. The number of amides is 4. The van der Waals surface area contributed by atoms with Gasteiger partial charge in [0.1, 0.15) is 25.8 Å². The molecule has 3 heterocycles. The molecule has 4 amide bonds. The van der Waals surface area contributed by atoms with E-state index in [4.69, 9.17) is 0 Å². The molecule has 4 aromatic rings. The Hall–Kier alpha value is -3.07. The van der Waals surface area contributed by atoms with Crippen molar-refractivity contribution >= 4 is 36.6 Å². The Morgan fingerprint density at radius 1 is 0.980 bits per heavy atom. The Balaban J connectivity index is 0.00000281. The van der Waals surface area contributed by atoms with Crippen molar-refractivity contribution in [2.75, 3.05) is 19.6 Å². The molecule has 6 rings (SSSR count). The minimum atomic E-state index is -5.26. The van der Waals surface area contributed by atoms with Gasteiger partial charge in [0.25, 0.3) is 0 Å². The van der Waals surface area contributed by atoms with E-state index in [9.17, 15) is 28.7 Å². The molecule has 0 aliphatic carbocycles. The topological polar surface area (TPSA) is 162 Å². The first-order chi connectivity index (χ1) is 23.1. The molecule has 3 aromatic carbocycles. The fraction of sp³-hybridized carbons (Fsp3) is 0.235. The standard InChI is InChI=1S/C34H35N6O7P.2Na/c1-2-18-38-23-31(41)39-29(19-24-13-15-28(16-14-24)47-48(44,45)46)33(42)37(21-27-11-6-10-26-12-7-17-35-32(26)27)22-30(39)40(38)34(43)36-20-25-8-4-3-5-9-25;;/h2-17,29-30H,1,18-23H2,(H,36,43)(H2,44,45,46);;/q;2*+1/p-2/t29-,30-;;/m0../s1. The van der Waals surface area contributed by atoms with Gasteiger partial charge in [-0.05, 0) is 34.9 Å². The summed E-state index contributed by atoms with van der Waals surface area (Å²) in [4.78, 5) is 72.0. The number of carbonyl (C=O) groups excluding carboxylic acids is 3. The van der Waals surface area contributed by atoms with Crippen LogP contribution in [-0.2, 0) is 33.7 Å². The van der Waals surface area contributed by atoms with Crippen LogP contribution in [0.15, 0.2) is 104 Å². The van der Waals surface area contributed by atoms with E-state index in [0.29, 0.717) is 5.56 Å². The van der Waals surface area contributed by atoms with Crippen LogP contribution in [0.4, 0.5) is 4.79 Å². The third-order valence-electron chi connectivity index (χ3n) is 8.31. The molecular weight excluding hydrogens is 681 g/mol. The number of aromatic nitrogens is 1. The van der Waals surface area contributed by atoms with Crippen LogP contribution >= 0.6 is 7.82 Å². The van der Waals surface area contributed by atoms with Crippen molar-refractivity contribution in [3.05, 3.63) is 120 Å². The van der Waals surface area contributed by atoms with E-state index in [1.54, 1.807) is 22.2 Å². The number of hydrogen-bond donors (Lipinski definition) is 1. The molecule has 0 unspecified atom stereocenters. The number of phosphoric ester groups is 1. The molecule has 0 bridgehead atoms. The van der Waals surface area contributed by atoms with Gasteiger partial charge in [0.05, 0.1) is 18.6 Å². The van der Waals surface area contributed by atoms with Gasteiger partial charge in [0.2, 0.25) is 11.8 Å². The van der Waals surface area contributed by atoms with Gasteiger partial charge in [-0.1, -0.05) is 72.8 Å². The molecule has 2 fully saturated rings. The van der Waals surface area contributed by atoms with Gasteiger partial charge in [0.15, 0.2) is 0 Å². The fourth-order valence-electron chi connectivity index (χ4n) is 6.24. The molecule has 2 aliphatic heterocycles. The summed E-state index contributed by atoms with van der Waals surface area (Å²) in [5.74, 6) is -0.823. The summed E-state index contributed by atoms with van der Waals surface area (Å²) < 4.78 is 15.6.